The van der Waals surface area contributed by atoms with Gasteiger partial charge in [-0.15, -0.1) is 0 Å². The molecule has 0 rings (SSSR count). The Labute approximate surface area is 93.6 Å². The predicted octanol–water partition coefficient (Wildman–Crippen LogP) is 3.34. The van der Waals surface area contributed by atoms with Gasteiger partial charge >= 0.3 is 6.09 Å². The van der Waals surface area contributed by atoms with Crippen molar-refractivity contribution in [2.75, 3.05) is 0 Å². The third-order valence-electron chi connectivity index (χ3n) is 1.97. The highest BCUT2D eigenvalue weighted by Crippen LogP contribution is 2.10. The van der Waals surface area contributed by atoms with Crippen LogP contribution in [0.3, 0.4) is 0 Å². The van der Waals surface area contributed by atoms with Gasteiger partial charge in [-0.2, -0.15) is 0 Å². The normalized spacial score (nSPS) is 13.8. The summed E-state index contributed by atoms with van der Waals surface area (Å²) in [5.41, 5.74) is -0.416. The lowest BCUT2D eigenvalue weighted by atomic mass is 10.0. The molecule has 0 radical (unpaired) electrons. The highest BCUT2D eigenvalue weighted by molar-refractivity contribution is 5.68. The maximum Gasteiger partial charge on any atom is 0.407 e. The average molecular weight is 215 g/mol. The Hall–Kier alpha value is -0.730. The first kappa shape index (κ1) is 14.3. The third-order valence-corrected chi connectivity index (χ3v) is 1.97. The molecule has 0 spiro atoms. The van der Waals surface area contributed by atoms with E-state index in [-0.39, 0.29) is 12.1 Å². The van der Waals surface area contributed by atoms with Crippen LogP contribution in [0, 0.1) is 5.92 Å². The fraction of sp³-hybridized carbons (Fsp3) is 0.917. The van der Waals surface area contributed by atoms with Crippen LogP contribution in [0.5, 0.6) is 0 Å². The van der Waals surface area contributed by atoms with E-state index >= 15 is 0 Å². The van der Waals surface area contributed by atoms with Crippen LogP contribution in [0.2, 0.25) is 0 Å². The summed E-state index contributed by atoms with van der Waals surface area (Å²) in [7, 11) is 0. The van der Waals surface area contributed by atoms with Gasteiger partial charge in [0.1, 0.15) is 5.60 Å². The molecule has 90 valence electrons. The molecule has 0 saturated carbocycles. The summed E-state index contributed by atoms with van der Waals surface area (Å²) in [6, 6.07) is 0.222. The van der Waals surface area contributed by atoms with E-state index in [1.54, 1.807) is 0 Å². The number of carbonyl (C=O) groups excluding carboxylic acids is 1. The number of rotatable bonds is 4. The number of alkyl carbamates (subject to hydrolysis) is 1. The molecule has 1 atom stereocenters. The van der Waals surface area contributed by atoms with Gasteiger partial charge < -0.3 is 10.1 Å². The molecule has 1 N–H and O–H groups in total. The molecule has 0 aliphatic carbocycles. The Morgan fingerprint density at radius 1 is 1.33 bits per heavy atom. The molecule has 3 nitrogen and oxygen atoms in total. The van der Waals surface area contributed by atoms with Crippen LogP contribution in [0.25, 0.3) is 0 Å². The summed E-state index contributed by atoms with van der Waals surface area (Å²) in [5, 5.41) is 2.89. The number of carbonyl (C=O) groups is 1. The van der Waals surface area contributed by atoms with E-state index < -0.39 is 5.60 Å². The van der Waals surface area contributed by atoms with Gasteiger partial charge in [-0.05, 0) is 39.5 Å². The summed E-state index contributed by atoms with van der Waals surface area (Å²) in [6.45, 7) is 12.0. The van der Waals surface area contributed by atoms with E-state index in [9.17, 15) is 4.79 Å². The maximum atomic E-state index is 11.5. The molecule has 15 heavy (non-hydrogen) atoms. The quantitative estimate of drug-likeness (QED) is 0.781. The highest BCUT2D eigenvalue weighted by atomic mass is 16.6. The number of amides is 1. The molecular formula is C12H25NO2. The molecule has 0 aliphatic heterocycles. The molecule has 0 aliphatic rings. The van der Waals surface area contributed by atoms with Crippen molar-refractivity contribution in [1.82, 2.24) is 5.32 Å². The lowest BCUT2D eigenvalue weighted by molar-refractivity contribution is 0.0497. The van der Waals surface area contributed by atoms with Crippen LogP contribution < -0.4 is 5.32 Å². The Kier molecular flexibility index (Phi) is 5.69. The van der Waals surface area contributed by atoms with Crippen LogP contribution in [-0.4, -0.2) is 17.7 Å². The van der Waals surface area contributed by atoms with Crippen LogP contribution >= 0.6 is 0 Å². The molecule has 0 fully saturated rings. The summed E-state index contributed by atoms with van der Waals surface area (Å²) < 4.78 is 5.20. The van der Waals surface area contributed by atoms with Gasteiger partial charge in [-0.3, -0.25) is 0 Å². The number of nitrogens with one attached hydrogen (secondary N) is 1. The van der Waals surface area contributed by atoms with Crippen molar-refractivity contribution in [3.05, 3.63) is 0 Å². The fourth-order valence-electron chi connectivity index (χ4n) is 1.37. The molecule has 3 heteroatoms. The highest BCUT2D eigenvalue weighted by Gasteiger charge is 2.18. The molecule has 0 saturated heterocycles. The van der Waals surface area contributed by atoms with Crippen molar-refractivity contribution in [2.24, 2.45) is 5.92 Å². The fourth-order valence-corrected chi connectivity index (χ4v) is 1.37. The van der Waals surface area contributed by atoms with Crippen molar-refractivity contribution in [2.45, 2.75) is 66.0 Å². The number of hydrogen-bond donors (Lipinski definition) is 1. The minimum Gasteiger partial charge on any atom is -0.444 e. The van der Waals surface area contributed by atoms with Crippen LogP contribution in [0.1, 0.15) is 54.4 Å². The van der Waals surface area contributed by atoms with E-state index in [1.165, 1.54) is 0 Å². The van der Waals surface area contributed by atoms with E-state index in [0.717, 1.165) is 12.8 Å². The van der Waals surface area contributed by atoms with E-state index in [4.69, 9.17) is 4.74 Å². The van der Waals surface area contributed by atoms with Crippen LogP contribution in [0.4, 0.5) is 4.79 Å². The zero-order chi connectivity index (χ0) is 12.1. The average Bonchev–Trinajstić information content (AvgIpc) is 1.98. The topological polar surface area (TPSA) is 38.3 Å². The molecule has 0 aromatic rings. The lowest BCUT2D eigenvalue weighted by Gasteiger charge is -2.23. The summed E-state index contributed by atoms with van der Waals surface area (Å²) in [6.07, 6.45) is 1.63. The molecule has 0 heterocycles. The van der Waals surface area contributed by atoms with E-state index in [1.807, 2.05) is 20.8 Å². The van der Waals surface area contributed by atoms with E-state index in [0.29, 0.717) is 5.92 Å². The zero-order valence-electron chi connectivity index (χ0n) is 10.9. The van der Waals surface area contributed by atoms with Crippen LogP contribution in [-0.2, 0) is 4.74 Å². The second-order valence-corrected chi connectivity index (χ2v) is 5.38. The van der Waals surface area contributed by atoms with Crippen molar-refractivity contribution in [1.29, 1.82) is 0 Å². The van der Waals surface area contributed by atoms with Gasteiger partial charge in [0.05, 0.1) is 0 Å². The Bertz CT molecular complexity index is 194. The summed E-state index contributed by atoms with van der Waals surface area (Å²) in [5.74, 6) is 0.588. The van der Waals surface area contributed by atoms with Gasteiger partial charge in [0, 0.05) is 6.04 Å². The van der Waals surface area contributed by atoms with E-state index in [2.05, 4.69) is 26.1 Å². The third kappa shape index (κ3) is 8.28. The molecule has 0 aromatic carbocycles. The van der Waals surface area contributed by atoms with Gasteiger partial charge in [-0.25, -0.2) is 4.79 Å². The van der Waals surface area contributed by atoms with Gasteiger partial charge in [0.2, 0.25) is 0 Å². The largest absolute Gasteiger partial charge is 0.444 e. The molecule has 1 amide bonds. The van der Waals surface area contributed by atoms with Gasteiger partial charge in [0.15, 0.2) is 0 Å². The van der Waals surface area contributed by atoms with Crippen molar-refractivity contribution in [3.63, 3.8) is 0 Å². The zero-order valence-corrected chi connectivity index (χ0v) is 10.9. The SMILES string of the molecule is CC[C@@H](CC(C)C)NC(=O)OC(C)(C)C. The van der Waals surface area contributed by atoms with Gasteiger partial charge in [0.25, 0.3) is 0 Å². The maximum absolute atomic E-state index is 11.5. The Morgan fingerprint density at radius 3 is 2.20 bits per heavy atom. The van der Waals surface area contributed by atoms with Crippen molar-refractivity contribution >= 4 is 6.09 Å². The second-order valence-electron chi connectivity index (χ2n) is 5.38. The molecule has 0 aromatic heterocycles. The molecule has 0 unspecified atom stereocenters. The number of ether oxygens (including phenoxy) is 1. The van der Waals surface area contributed by atoms with Crippen LogP contribution in [0.15, 0.2) is 0 Å². The molecular weight excluding hydrogens is 190 g/mol. The first-order chi connectivity index (χ1) is 6.74. The van der Waals surface area contributed by atoms with Crippen molar-refractivity contribution in [3.8, 4) is 0 Å². The Morgan fingerprint density at radius 2 is 1.87 bits per heavy atom. The smallest absolute Gasteiger partial charge is 0.407 e. The number of hydrogen-bond acceptors (Lipinski definition) is 2. The molecule has 0 bridgehead atoms. The lowest BCUT2D eigenvalue weighted by Crippen LogP contribution is -2.39. The van der Waals surface area contributed by atoms with Gasteiger partial charge in [-0.1, -0.05) is 20.8 Å². The first-order valence-corrected chi connectivity index (χ1v) is 5.74. The minimum atomic E-state index is -0.416. The monoisotopic (exact) mass is 215 g/mol. The second kappa shape index (κ2) is 5.99. The Balaban J connectivity index is 4.02. The summed E-state index contributed by atoms with van der Waals surface area (Å²) in [4.78, 5) is 11.5. The first-order valence-electron chi connectivity index (χ1n) is 5.74. The minimum absolute atomic E-state index is 0.222. The van der Waals surface area contributed by atoms with Crippen molar-refractivity contribution < 1.29 is 9.53 Å². The summed E-state index contributed by atoms with van der Waals surface area (Å²) >= 11 is 0. The predicted molar refractivity (Wildman–Crippen MR) is 62.9 cm³/mol. The standard InChI is InChI=1S/C12H25NO2/c1-7-10(8-9(2)3)13-11(14)15-12(4,5)6/h9-10H,7-8H2,1-6H3,(H,13,14)/t10-/m0/s1.